The van der Waals surface area contributed by atoms with Crippen LogP contribution >= 0.6 is 7.82 Å². The Balaban J connectivity index is 3.95. The molecule has 0 amide bonds. The van der Waals surface area contributed by atoms with Gasteiger partial charge in [0, 0.05) is 12.8 Å². The number of nitrogens with zero attached hydrogens (tertiary/aromatic N) is 1. The van der Waals surface area contributed by atoms with E-state index < -0.39 is 26.5 Å². The van der Waals surface area contributed by atoms with Crippen molar-refractivity contribution in [3.05, 3.63) is 97.2 Å². The Hall–Kier alpha value is -3.07. The van der Waals surface area contributed by atoms with Crippen molar-refractivity contribution in [2.45, 2.75) is 290 Å². The molecule has 0 radical (unpaired) electrons. The van der Waals surface area contributed by atoms with E-state index in [0.717, 1.165) is 96.3 Å². The second-order valence-corrected chi connectivity index (χ2v) is 24.6. The van der Waals surface area contributed by atoms with Gasteiger partial charge in [0.1, 0.15) is 19.8 Å². The number of hydrogen-bond donors (Lipinski definition) is 1. The van der Waals surface area contributed by atoms with Crippen molar-refractivity contribution in [1.29, 1.82) is 0 Å². The Morgan fingerprint density at radius 3 is 1.07 bits per heavy atom. The third-order valence-corrected chi connectivity index (χ3v) is 15.1. The number of likely N-dealkylation sites (N-methyl/N-ethyl adjacent to an activating group) is 1. The van der Waals surface area contributed by atoms with Crippen LogP contribution in [0.1, 0.15) is 284 Å². The zero-order valence-corrected chi connectivity index (χ0v) is 53.4. The largest absolute Gasteiger partial charge is 0.472 e. The van der Waals surface area contributed by atoms with Gasteiger partial charge >= 0.3 is 19.8 Å². The summed E-state index contributed by atoms with van der Waals surface area (Å²) in [6.07, 6.45) is 83.7. The third-order valence-electron chi connectivity index (χ3n) is 14.1. The van der Waals surface area contributed by atoms with E-state index in [1.807, 2.05) is 21.1 Å². The monoisotopic (exact) mass is 1140 g/mol. The summed E-state index contributed by atoms with van der Waals surface area (Å²) < 4.78 is 34.6. The maximum Gasteiger partial charge on any atom is 0.472 e. The second kappa shape index (κ2) is 60.5. The van der Waals surface area contributed by atoms with E-state index in [9.17, 15) is 19.0 Å². The highest BCUT2D eigenvalue weighted by Gasteiger charge is 2.27. The fourth-order valence-electron chi connectivity index (χ4n) is 9.05. The van der Waals surface area contributed by atoms with Crippen LogP contribution < -0.4 is 0 Å². The molecule has 0 rings (SSSR count). The highest BCUT2D eigenvalue weighted by molar-refractivity contribution is 7.47. The van der Waals surface area contributed by atoms with E-state index >= 15 is 0 Å². The van der Waals surface area contributed by atoms with Crippen molar-refractivity contribution in [3.8, 4) is 0 Å². The van der Waals surface area contributed by atoms with Crippen LogP contribution in [0.5, 0.6) is 0 Å². The van der Waals surface area contributed by atoms with E-state index in [4.69, 9.17) is 18.5 Å². The van der Waals surface area contributed by atoms with Gasteiger partial charge in [0.2, 0.25) is 0 Å². The van der Waals surface area contributed by atoms with Crippen LogP contribution in [0, 0.1) is 0 Å². The summed E-state index contributed by atoms with van der Waals surface area (Å²) in [5, 5.41) is 0. The molecule has 1 N–H and O–H groups in total. The lowest BCUT2D eigenvalue weighted by Gasteiger charge is -2.24. The normalized spacial score (nSPS) is 13.8. The summed E-state index contributed by atoms with van der Waals surface area (Å²) in [5.74, 6) is -0.800. The number of hydrogen-bond acceptors (Lipinski definition) is 7. The first-order valence-electron chi connectivity index (χ1n) is 33.0. The highest BCUT2D eigenvalue weighted by Crippen LogP contribution is 2.43. The minimum absolute atomic E-state index is 0.0294. The van der Waals surface area contributed by atoms with Crippen LogP contribution in [0.3, 0.4) is 0 Å². The Bertz CT molecular complexity index is 1670. The predicted octanol–water partition coefficient (Wildman–Crippen LogP) is 21.2. The van der Waals surface area contributed by atoms with Crippen molar-refractivity contribution in [1.82, 2.24) is 0 Å². The van der Waals surface area contributed by atoms with E-state index in [-0.39, 0.29) is 32.0 Å². The molecule has 10 heteroatoms. The van der Waals surface area contributed by atoms with Gasteiger partial charge in [-0.15, -0.1) is 0 Å². The molecule has 0 aliphatic carbocycles. The lowest BCUT2D eigenvalue weighted by molar-refractivity contribution is -0.870. The first-order chi connectivity index (χ1) is 39.0. The number of phosphoric ester groups is 1. The van der Waals surface area contributed by atoms with Gasteiger partial charge in [-0.25, -0.2) is 4.57 Å². The molecule has 2 atom stereocenters. The molecule has 0 bridgehead atoms. The maximum atomic E-state index is 12.8. The van der Waals surface area contributed by atoms with Crippen LogP contribution in [0.15, 0.2) is 97.2 Å². The lowest BCUT2D eigenvalue weighted by atomic mass is 10.0. The molecule has 9 nitrogen and oxygen atoms in total. The Kier molecular flexibility index (Phi) is 58.2. The van der Waals surface area contributed by atoms with Crippen LogP contribution in [-0.4, -0.2) is 74.9 Å². The van der Waals surface area contributed by atoms with Crippen molar-refractivity contribution in [3.63, 3.8) is 0 Å². The number of allylic oxidation sites excluding steroid dienone is 16. The molecule has 0 aliphatic rings. The molecule has 462 valence electrons. The first kappa shape index (κ1) is 76.9. The summed E-state index contributed by atoms with van der Waals surface area (Å²) in [7, 11) is 1.48. The van der Waals surface area contributed by atoms with Gasteiger partial charge in [-0.3, -0.25) is 18.6 Å². The second-order valence-electron chi connectivity index (χ2n) is 23.1. The Morgan fingerprint density at radius 2 is 0.713 bits per heavy atom. The third kappa shape index (κ3) is 64.1. The predicted molar refractivity (Wildman–Crippen MR) is 344 cm³/mol. The van der Waals surface area contributed by atoms with Gasteiger partial charge in [-0.05, 0) is 96.3 Å². The smallest absolute Gasteiger partial charge is 0.462 e. The lowest BCUT2D eigenvalue weighted by Crippen LogP contribution is -2.37. The quantitative estimate of drug-likeness (QED) is 0.0211. The number of carbonyl (C=O) groups excluding carboxylic acids is 2. The molecule has 0 aliphatic heterocycles. The Labute approximate surface area is 493 Å². The molecule has 0 aromatic rings. The molecule has 0 saturated heterocycles. The average molecular weight is 1140 g/mol. The summed E-state index contributed by atoms with van der Waals surface area (Å²) >= 11 is 0. The van der Waals surface area contributed by atoms with Gasteiger partial charge in [-0.2, -0.15) is 0 Å². The van der Waals surface area contributed by atoms with Gasteiger partial charge < -0.3 is 18.9 Å². The zero-order valence-electron chi connectivity index (χ0n) is 52.5. The molecule has 80 heavy (non-hydrogen) atoms. The first-order valence-corrected chi connectivity index (χ1v) is 34.5. The van der Waals surface area contributed by atoms with E-state index in [0.29, 0.717) is 17.4 Å². The summed E-state index contributed by atoms with van der Waals surface area (Å²) in [6, 6.07) is 0. The molecule has 0 spiro atoms. The summed E-state index contributed by atoms with van der Waals surface area (Å²) in [5.41, 5.74) is 0. The van der Waals surface area contributed by atoms with Gasteiger partial charge in [0.15, 0.2) is 6.10 Å². The van der Waals surface area contributed by atoms with E-state index in [1.165, 1.54) is 154 Å². The fraction of sp³-hybridized carbons (Fsp3) is 0.743. The molecular weight excluding hydrogens is 1010 g/mol. The number of ether oxygens (including phenoxy) is 2. The average Bonchev–Trinajstić information content (AvgIpc) is 3.42. The molecule has 0 aromatic heterocycles. The minimum atomic E-state index is -4.39. The van der Waals surface area contributed by atoms with Crippen molar-refractivity contribution < 1.29 is 42.1 Å². The molecule has 0 aromatic carbocycles. The maximum absolute atomic E-state index is 12.8. The number of carbonyl (C=O) groups is 2. The number of esters is 2. The SMILES string of the molecule is CC/C=C\C/C=C\C/C=C\C/C=C\C/C=C\C/C=C\C/C=C\CCCCCCCCCCCCCCCCCCCCCC(=O)OC(COC(=O)CCCCCCC/C=C\CCCCCCCC)COP(=O)(O)OCC[N+](C)(C)C. The summed E-state index contributed by atoms with van der Waals surface area (Å²) in [6.45, 7) is 4.32. The van der Waals surface area contributed by atoms with Gasteiger partial charge in [0.05, 0.1) is 27.7 Å². The fourth-order valence-corrected chi connectivity index (χ4v) is 9.79. The van der Waals surface area contributed by atoms with Gasteiger partial charge in [-0.1, -0.05) is 272 Å². The highest BCUT2D eigenvalue weighted by atomic mass is 31.2. The van der Waals surface area contributed by atoms with E-state index in [2.05, 4.69) is 111 Å². The summed E-state index contributed by atoms with van der Waals surface area (Å²) in [4.78, 5) is 35.7. The van der Waals surface area contributed by atoms with Gasteiger partial charge in [0.25, 0.3) is 0 Å². The number of phosphoric acid groups is 1. The van der Waals surface area contributed by atoms with E-state index in [1.54, 1.807) is 0 Å². The van der Waals surface area contributed by atoms with Crippen molar-refractivity contribution >= 4 is 19.8 Å². The number of unbranched alkanes of at least 4 members (excludes halogenated alkanes) is 30. The van der Waals surface area contributed by atoms with Crippen molar-refractivity contribution in [2.75, 3.05) is 47.5 Å². The topological polar surface area (TPSA) is 108 Å². The zero-order chi connectivity index (χ0) is 58.4. The number of quaternary nitrogens is 1. The van der Waals surface area contributed by atoms with Crippen LogP contribution in [-0.2, 0) is 32.7 Å². The number of rotatable bonds is 60. The molecule has 0 saturated carbocycles. The Morgan fingerprint density at radius 1 is 0.400 bits per heavy atom. The van der Waals surface area contributed by atoms with Crippen LogP contribution in [0.25, 0.3) is 0 Å². The standard InChI is InChI=1S/C70H124NO8P/c1-6-8-10-12-14-16-18-20-22-23-24-25-26-27-28-29-30-31-32-33-34-35-36-37-38-39-40-41-42-43-44-45-46-47-49-51-53-55-57-59-61-63-70(73)79-68(67-78-80(74,75)77-65-64-71(3,4)5)66-76-69(72)62-60-58-56-54-52-50-48-21-19-17-15-13-11-9-7-2/h8,10,14,16,20-22,24-25,27-28,30-31,33-34,48,68H,6-7,9,11-13,15,17-19,23,26,29,32,35-47,49-67H2,1-5H3/p+1/b10-8-,16-14-,22-20-,25-24-,28-27-,31-30-,34-33-,48-21-. The van der Waals surface area contributed by atoms with Crippen LogP contribution in [0.4, 0.5) is 0 Å². The molecule has 0 fully saturated rings. The molecule has 2 unspecified atom stereocenters. The van der Waals surface area contributed by atoms with Crippen molar-refractivity contribution in [2.24, 2.45) is 0 Å². The minimum Gasteiger partial charge on any atom is -0.462 e. The molecule has 0 heterocycles. The van der Waals surface area contributed by atoms with Crippen LogP contribution in [0.2, 0.25) is 0 Å². The molecular formula is C70H125NO8P+.